The SMILES string of the molecule is Cc1ccc(NC(=O)C2CCCN(c3ccc(Cl)nn3)C2)c(O)c1. The number of aromatic nitrogens is 2. The molecular formula is C17H19ClN4O2. The minimum Gasteiger partial charge on any atom is -0.506 e. The fraction of sp³-hybridized carbons (Fsp3) is 0.353. The Morgan fingerprint density at radius 3 is 2.88 bits per heavy atom. The molecule has 0 saturated carbocycles. The number of nitrogens with zero attached hydrogens (tertiary/aromatic N) is 3. The number of rotatable bonds is 3. The topological polar surface area (TPSA) is 78.4 Å². The predicted octanol–water partition coefficient (Wildman–Crippen LogP) is 3.00. The number of phenols is 1. The van der Waals surface area contributed by atoms with Gasteiger partial charge in [-0.25, -0.2) is 0 Å². The maximum Gasteiger partial charge on any atom is 0.229 e. The Kier molecular flexibility index (Phi) is 4.85. The number of piperidine rings is 1. The summed E-state index contributed by atoms with van der Waals surface area (Å²) in [5.41, 5.74) is 1.38. The molecule has 0 bridgehead atoms. The molecule has 3 rings (SSSR count). The molecule has 1 amide bonds. The third-order valence-electron chi connectivity index (χ3n) is 4.15. The van der Waals surface area contributed by atoms with Crippen molar-refractivity contribution in [1.29, 1.82) is 0 Å². The molecule has 2 aromatic rings. The number of phenolic OH excluding ortho intramolecular Hbond substituents is 1. The van der Waals surface area contributed by atoms with Crippen molar-refractivity contribution in [2.45, 2.75) is 19.8 Å². The van der Waals surface area contributed by atoms with Crippen LogP contribution in [0.5, 0.6) is 5.75 Å². The highest BCUT2D eigenvalue weighted by Gasteiger charge is 2.27. The normalized spacial score (nSPS) is 17.6. The van der Waals surface area contributed by atoms with E-state index in [0.717, 1.165) is 30.8 Å². The van der Waals surface area contributed by atoms with E-state index in [-0.39, 0.29) is 17.6 Å². The molecule has 1 aliphatic heterocycles. The number of anilines is 2. The lowest BCUT2D eigenvalue weighted by Gasteiger charge is -2.32. The third-order valence-corrected chi connectivity index (χ3v) is 4.35. The maximum atomic E-state index is 12.5. The summed E-state index contributed by atoms with van der Waals surface area (Å²) in [5, 5.41) is 21.0. The van der Waals surface area contributed by atoms with Gasteiger partial charge in [-0.3, -0.25) is 4.79 Å². The Morgan fingerprint density at radius 2 is 2.17 bits per heavy atom. The van der Waals surface area contributed by atoms with Crippen molar-refractivity contribution in [2.24, 2.45) is 5.92 Å². The lowest BCUT2D eigenvalue weighted by Crippen LogP contribution is -2.41. The van der Waals surface area contributed by atoms with Gasteiger partial charge in [-0.05, 0) is 49.6 Å². The largest absolute Gasteiger partial charge is 0.506 e. The molecule has 7 heteroatoms. The number of carbonyl (C=O) groups is 1. The Hall–Kier alpha value is -2.34. The first-order chi connectivity index (χ1) is 11.5. The van der Waals surface area contributed by atoms with Crippen molar-refractivity contribution in [3.63, 3.8) is 0 Å². The van der Waals surface area contributed by atoms with Crippen LogP contribution in [-0.2, 0) is 4.79 Å². The van der Waals surface area contributed by atoms with Crippen LogP contribution in [0.15, 0.2) is 30.3 Å². The van der Waals surface area contributed by atoms with Crippen LogP contribution in [0.2, 0.25) is 5.15 Å². The van der Waals surface area contributed by atoms with Crippen molar-refractivity contribution in [1.82, 2.24) is 10.2 Å². The molecule has 1 aromatic heterocycles. The Labute approximate surface area is 145 Å². The molecule has 126 valence electrons. The number of nitrogens with one attached hydrogen (secondary N) is 1. The number of aromatic hydroxyl groups is 1. The molecule has 1 unspecified atom stereocenters. The maximum absolute atomic E-state index is 12.5. The van der Waals surface area contributed by atoms with Crippen molar-refractivity contribution < 1.29 is 9.90 Å². The van der Waals surface area contributed by atoms with Crippen molar-refractivity contribution in [3.8, 4) is 5.75 Å². The molecule has 1 aliphatic rings. The van der Waals surface area contributed by atoms with Crippen LogP contribution >= 0.6 is 11.6 Å². The molecule has 24 heavy (non-hydrogen) atoms. The van der Waals surface area contributed by atoms with E-state index in [0.29, 0.717) is 17.4 Å². The van der Waals surface area contributed by atoms with E-state index in [9.17, 15) is 9.90 Å². The van der Waals surface area contributed by atoms with E-state index in [1.54, 1.807) is 24.3 Å². The molecule has 0 spiro atoms. The van der Waals surface area contributed by atoms with E-state index >= 15 is 0 Å². The number of amides is 1. The van der Waals surface area contributed by atoms with Crippen LogP contribution in [0.25, 0.3) is 0 Å². The van der Waals surface area contributed by atoms with Gasteiger partial charge in [0.25, 0.3) is 0 Å². The van der Waals surface area contributed by atoms with Crippen LogP contribution in [0, 0.1) is 12.8 Å². The zero-order valence-corrected chi connectivity index (χ0v) is 14.1. The summed E-state index contributed by atoms with van der Waals surface area (Å²) in [5.74, 6) is 0.535. The standard InChI is InChI=1S/C17H19ClN4O2/c1-11-4-5-13(14(23)9-11)19-17(24)12-3-2-8-22(10-12)16-7-6-15(18)20-21-16/h4-7,9,12,23H,2-3,8,10H2,1H3,(H,19,24). The number of hydrogen-bond donors (Lipinski definition) is 2. The molecule has 1 saturated heterocycles. The van der Waals surface area contributed by atoms with Gasteiger partial charge in [0.2, 0.25) is 5.91 Å². The van der Waals surface area contributed by atoms with Crippen LogP contribution in [0.3, 0.4) is 0 Å². The van der Waals surface area contributed by atoms with Crippen molar-refractivity contribution in [2.75, 3.05) is 23.3 Å². The first-order valence-electron chi connectivity index (χ1n) is 7.87. The lowest BCUT2D eigenvalue weighted by molar-refractivity contribution is -0.120. The van der Waals surface area contributed by atoms with Crippen molar-refractivity contribution >= 4 is 29.0 Å². The molecule has 2 heterocycles. The summed E-state index contributed by atoms with van der Waals surface area (Å²) < 4.78 is 0. The van der Waals surface area contributed by atoms with E-state index in [4.69, 9.17) is 11.6 Å². The number of aryl methyl sites for hydroxylation is 1. The second-order valence-corrected chi connectivity index (χ2v) is 6.40. The summed E-state index contributed by atoms with van der Waals surface area (Å²) in [6.07, 6.45) is 1.69. The zero-order chi connectivity index (χ0) is 17.1. The minimum atomic E-state index is -0.170. The highest BCUT2D eigenvalue weighted by molar-refractivity contribution is 6.29. The quantitative estimate of drug-likeness (QED) is 0.835. The summed E-state index contributed by atoms with van der Waals surface area (Å²) in [7, 11) is 0. The van der Waals surface area contributed by atoms with Crippen LogP contribution in [0.4, 0.5) is 11.5 Å². The molecule has 1 aromatic carbocycles. The molecule has 0 aliphatic carbocycles. The summed E-state index contributed by atoms with van der Waals surface area (Å²) >= 11 is 5.77. The van der Waals surface area contributed by atoms with E-state index < -0.39 is 0 Å². The smallest absolute Gasteiger partial charge is 0.229 e. The van der Waals surface area contributed by atoms with E-state index in [1.807, 2.05) is 17.9 Å². The van der Waals surface area contributed by atoms with Crippen LogP contribution in [-0.4, -0.2) is 34.3 Å². The minimum absolute atomic E-state index is 0.0829. The van der Waals surface area contributed by atoms with Gasteiger partial charge >= 0.3 is 0 Å². The fourth-order valence-corrected chi connectivity index (χ4v) is 2.96. The molecule has 0 radical (unpaired) electrons. The molecule has 2 N–H and O–H groups in total. The van der Waals surface area contributed by atoms with E-state index in [1.165, 1.54) is 0 Å². The van der Waals surface area contributed by atoms with Gasteiger partial charge in [0.05, 0.1) is 11.6 Å². The molecule has 6 nitrogen and oxygen atoms in total. The monoisotopic (exact) mass is 346 g/mol. The first-order valence-corrected chi connectivity index (χ1v) is 8.25. The Bertz CT molecular complexity index is 736. The molecule has 1 fully saturated rings. The number of halogens is 1. The van der Waals surface area contributed by atoms with Gasteiger partial charge in [0.15, 0.2) is 11.0 Å². The van der Waals surface area contributed by atoms with Gasteiger partial charge in [-0.2, -0.15) is 0 Å². The van der Waals surface area contributed by atoms with Gasteiger partial charge in [0.1, 0.15) is 5.75 Å². The lowest BCUT2D eigenvalue weighted by atomic mass is 9.97. The Morgan fingerprint density at radius 1 is 1.33 bits per heavy atom. The average Bonchev–Trinajstić information content (AvgIpc) is 2.58. The molecule has 1 atom stereocenters. The second-order valence-electron chi connectivity index (χ2n) is 6.01. The summed E-state index contributed by atoms with van der Waals surface area (Å²) in [6.45, 7) is 3.28. The third kappa shape index (κ3) is 3.76. The summed E-state index contributed by atoms with van der Waals surface area (Å²) in [6, 6.07) is 8.70. The van der Waals surface area contributed by atoms with Crippen molar-refractivity contribution in [3.05, 3.63) is 41.0 Å². The summed E-state index contributed by atoms with van der Waals surface area (Å²) in [4.78, 5) is 14.6. The van der Waals surface area contributed by atoms with Crippen LogP contribution < -0.4 is 10.2 Å². The Balaban J connectivity index is 1.67. The van der Waals surface area contributed by atoms with Gasteiger partial charge in [-0.15, -0.1) is 10.2 Å². The zero-order valence-electron chi connectivity index (χ0n) is 13.4. The first kappa shape index (κ1) is 16.5. The predicted molar refractivity (Wildman–Crippen MR) is 93.5 cm³/mol. The van der Waals surface area contributed by atoms with Gasteiger partial charge < -0.3 is 15.3 Å². The van der Waals surface area contributed by atoms with Gasteiger partial charge in [-0.1, -0.05) is 17.7 Å². The highest BCUT2D eigenvalue weighted by atomic mass is 35.5. The fourth-order valence-electron chi connectivity index (χ4n) is 2.86. The second kappa shape index (κ2) is 7.05. The van der Waals surface area contributed by atoms with Gasteiger partial charge in [0, 0.05) is 13.1 Å². The van der Waals surface area contributed by atoms with Crippen LogP contribution in [0.1, 0.15) is 18.4 Å². The number of benzene rings is 1. The molecular weight excluding hydrogens is 328 g/mol. The van der Waals surface area contributed by atoms with E-state index in [2.05, 4.69) is 15.5 Å². The average molecular weight is 347 g/mol. The number of hydrogen-bond acceptors (Lipinski definition) is 5. The highest BCUT2D eigenvalue weighted by Crippen LogP contribution is 2.27. The number of carbonyl (C=O) groups excluding carboxylic acids is 1.